The topological polar surface area (TPSA) is 61.5 Å². The largest absolute Gasteiger partial charge is 0.393 e. The van der Waals surface area contributed by atoms with Gasteiger partial charge in [-0.15, -0.1) is 0 Å². The highest BCUT2D eigenvalue weighted by atomic mass is 16.3. The lowest BCUT2D eigenvalue weighted by Gasteiger charge is -2.34. The van der Waals surface area contributed by atoms with E-state index in [1.165, 1.54) is 24.0 Å². The van der Waals surface area contributed by atoms with Crippen LogP contribution in [0.1, 0.15) is 41.5 Å². The molecule has 1 aliphatic heterocycles. The molecule has 0 unspecified atom stereocenters. The minimum atomic E-state index is -0.871. The molecular weight excluding hydrogens is 302 g/mol. The lowest BCUT2D eigenvalue weighted by molar-refractivity contribution is 0.0912. The second kappa shape index (κ2) is 6.67. The van der Waals surface area contributed by atoms with Crippen molar-refractivity contribution in [2.75, 3.05) is 13.2 Å². The molecule has 2 aromatic rings. The van der Waals surface area contributed by atoms with E-state index < -0.39 is 6.10 Å². The van der Waals surface area contributed by atoms with Crippen LogP contribution in [0.5, 0.6) is 0 Å². The van der Waals surface area contributed by atoms with E-state index in [0.717, 1.165) is 38.2 Å². The van der Waals surface area contributed by atoms with E-state index in [2.05, 4.69) is 34.3 Å². The van der Waals surface area contributed by atoms with Crippen LogP contribution in [0.15, 0.2) is 30.3 Å². The van der Waals surface area contributed by atoms with Crippen molar-refractivity contribution in [2.45, 2.75) is 50.9 Å². The molecule has 2 N–H and O–H groups in total. The number of hydrogen-bond acceptors (Lipinski definition) is 4. The molecule has 0 saturated carbocycles. The van der Waals surface area contributed by atoms with Gasteiger partial charge in [-0.25, -0.2) is 0 Å². The summed E-state index contributed by atoms with van der Waals surface area (Å²) in [4.78, 5) is 2.57. The number of aliphatic hydroxyl groups is 2. The van der Waals surface area contributed by atoms with Gasteiger partial charge < -0.3 is 10.2 Å². The molecule has 2 aliphatic rings. The van der Waals surface area contributed by atoms with Crippen LogP contribution < -0.4 is 0 Å². The molecule has 4 rings (SSSR count). The Hall–Kier alpha value is -1.69. The molecule has 0 amide bonds. The fourth-order valence-electron chi connectivity index (χ4n) is 4.08. The van der Waals surface area contributed by atoms with Crippen molar-refractivity contribution in [1.29, 1.82) is 0 Å². The maximum atomic E-state index is 9.79. The van der Waals surface area contributed by atoms with Crippen molar-refractivity contribution in [2.24, 2.45) is 0 Å². The van der Waals surface area contributed by atoms with Crippen molar-refractivity contribution in [3.63, 3.8) is 0 Å². The standard InChI is InChI=1S/C19H25N3O2/c23-13-19(24)18-11-17-12-21(9-10-22(17)20-18)16-7-5-14-3-1-2-4-15(14)6-8-16/h1-4,11,16,19,23-24H,5-10,12-13H2/t19-/m0/s1. The zero-order valence-corrected chi connectivity index (χ0v) is 13.9. The van der Waals surface area contributed by atoms with Crippen LogP contribution in [-0.4, -0.2) is 44.1 Å². The quantitative estimate of drug-likeness (QED) is 0.842. The molecule has 5 heteroatoms. The van der Waals surface area contributed by atoms with E-state index in [9.17, 15) is 5.11 Å². The van der Waals surface area contributed by atoms with Crippen LogP contribution in [0.3, 0.4) is 0 Å². The molecule has 24 heavy (non-hydrogen) atoms. The summed E-state index contributed by atoms with van der Waals surface area (Å²) < 4.78 is 1.98. The summed E-state index contributed by atoms with van der Waals surface area (Å²) in [5, 5.41) is 23.3. The van der Waals surface area contributed by atoms with E-state index in [1.807, 2.05) is 10.7 Å². The van der Waals surface area contributed by atoms with E-state index in [4.69, 9.17) is 5.11 Å². The third-order valence-electron chi connectivity index (χ3n) is 5.49. The lowest BCUT2D eigenvalue weighted by Crippen LogP contribution is -2.41. The summed E-state index contributed by atoms with van der Waals surface area (Å²) in [6.07, 6.45) is 3.86. The SMILES string of the molecule is OC[C@H](O)c1cc2n(n1)CCN(C1CCc3ccccc3CC1)C2. The Morgan fingerprint density at radius 1 is 1.12 bits per heavy atom. The predicted molar refractivity (Wildman–Crippen MR) is 91.6 cm³/mol. The van der Waals surface area contributed by atoms with Gasteiger partial charge in [0.15, 0.2) is 0 Å². The number of nitrogens with zero attached hydrogens (tertiary/aromatic N) is 3. The van der Waals surface area contributed by atoms with Crippen LogP contribution >= 0.6 is 0 Å². The van der Waals surface area contributed by atoms with Crippen LogP contribution in [-0.2, 0) is 25.9 Å². The van der Waals surface area contributed by atoms with Gasteiger partial charge >= 0.3 is 0 Å². The molecule has 0 radical (unpaired) electrons. The van der Waals surface area contributed by atoms with Crippen molar-refractivity contribution >= 4 is 0 Å². The molecule has 1 atom stereocenters. The van der Waals surface area contributed by atoms with E-state index >= 15 is 0 Å². The Balaban J connectivity index is 1.46. The minimum absolute atomic E-state index is 0.277. The van der Waals surface area contributed by atoms with Gasteiger partial charge in [0, 0.05) is 19.1 Å². The Labute approximate surface area is 142 Å². The molecule has 1 aliphatic carbocycles. The van der Waals surface area contributed by atoms with Crippen molar-refractivity contribution in [3.05, 3.63) is 52.8 Å². The second-order valence-electron chi connectivity index (χ2n) is 6.95. The number of fused-ring (bicyclic) bond motifs is 2. The normalized spacial score (nSPS) is 20.2. The number of aliphatic hydroxyl groups excluding tert-OH is 2. The molecule has 5 nitrogen and oxygen atoms in total. The highest BCUT2D eigenvalue weighted by Gasteiger charge is 2.27. The Morgan fingerprint density at radius 2 is 1.83 bits per heavy atom. The first-order chi connectivity index (χ1) is 11.7. The van der Waals surface area contributed by atoms with Gasteiger partial charge in [0.1, 0.15) is 6.10 Å². The van der Waals surface area contributed by atoms with Gasteiger partial charge in [-0.05, 0) is 42.9 Å². The summed E-state index contributed by atoms with van der Waals surface area (Å²) in [7, 11) is 0. The first-order valence-electron chi connectivity index (χ1n) is 8.91. The summed E-state index contributed by atoms with van der Waals surface area (Å²) in [5.74, 6) is 0. The number of aryl methyl sites for hydroxylation is 2. The fourth-order valence-corrected chi connectivity index (χ4v) is 4.08. The highest BCUT2D eigenvalue weighted by molar-refractivity contribution is 5.28. The Morgan fingerprint density at radius 3 is 2.50 bits per heavy atom. The molecule has 0 fully saturated rings. The Kier molecular flexibility index (Phi) is 4.39. The summed E-state index contributed by atoms with van der Waals surface area (Å²) in [6.45, 7) is 2.47. The molecule has 2 heterocycles. The second-order valence-corrected chi connectivity index (χ2v) is 6.95. The maximum Gasteiger partial charge on any atom is 0.121 e. The molecule has 1 aromatic heterocycles. The first-order valence-corrected chi connectivity index (χ1v) is 8.91. The maximum absolute atomic E-state index is 9.79. The third kappa shape index (κ3) is 2.99. The molecule has 0 saturated heterocycles. The number of rotatable bonds is 3. The zero-order chi connectivity index (χ0) is 16.5. The number of aromatic nitrogens is 2. The van der Waals surface area contributed by atoms with Gasteiger partial charge in [-0.2, -0.15) is 5.10 Å². The van der Waals surface area contributed by atoms with E-state index in [-0.39, 0.29) is 6.61 Å². The van der Waals surface area contributed by atoms with Crippen molar-refractivity contribution in [1.82, 2.24) is 14.7 Å². The molecular formula is C19H25N3O2. The van der Waals surface area contributed by atoms with Crippen LogP contribution in [0.2, 0.25) is 0 Å². The van der Waals surface area contributed by atoms with Crippen molar-refractivity contribution < 1.29 is 10.2 Å². The lowest BCUT2D eigenvalue weighted by atomic mass is 10.0. The number of benzene rings is 1. The van der Waals surface area contributed by atoms with Crippen LogP contribution in [0, 0.1) is 0 Å². The van der Waals surface area contributed by atoms with Gasteiger partial charge in [0.2, 0.25) is 0 Å². The van der Waals surface area contributed by atoms with Gasteiger partial charge in [0.25, 0.3) is 0 Å². The van der Waals surface area contributed by atoms with Crippen LogP contribution in [0.25, 0.3) is 0 Å². The molecule has 0 bridgehead atoms. The zero-order valence-electron chi connectivity index (χ0n) is 13.9. The minimum Gasteiger partial charge on any atom is -0.393 e. The number of hydrogen-bond donors (Lipinski definition) is 2. The fraction of sp³-hybridized carbons (Fsp3) is 0.526. The van der Waals surface area contributed by atoms with E-state index in [0.29, 0.717) is 11.7 Å². The van der Waals surface area contributed by atoms with Gasteiger partial charge in [0.05, 0.1) is 24.5 Å². The monoisotopic (exact) mass is 327 g/mol. The van der Waals surface area contributed by atoms with Gasteiger partial charge in [-0.3, -0.25) is 9.58 Å². The Bertz CT molecular complexity index is 685. The smallest absolute Gasteiger partial charge is 0.121 e. The van der Waals surface area contributed by atoms with E-state index in [1.54, 1.807) is 0 Å². The predicted octanol–water partition coefficient (Wildman–Crippen LogP) is 1.67. The summed E-state index contributed by atoms with van der Waals surface area (Å²) in [5.41, 5.74) is 4.75. The average Bonchev–Trinajstić information content (AvgIpc) is 2.93. The molecule has 0 spiro atoms. The highest BCUT2D eigenvalue weighted by Crippen LogP contribution is 2.27. The molecule has 128 valence electrons. The summed E-state index contributed by atoms with van der Waals surface area (Å²) in [6, 6.07) is 11.4. The summed E-state index contributed by atoms with van der Waals surface area (Å²) >= 11 is 0. The average molecular weight is 327 g/mol. The van der Waals surface area contributed by atoms with Crippen LogP contribution in [0.4, 0.5) is 0 Å². The van der Waals surface area contributed by atoms with Crippen molar-refractivity contribution in [3.8, 4) is 0 Å². The third-order valence-corrected chi connectivity index (χ3v) is 5.49. The first kappa shape index (κ1) is 15.8. The molecule has 1 aromatic carbocycles. The van der Waals surface area contributed by atoms with Gasteiger partial charge in [-0.1, -0.05) is 24.3 Å².